The summed E-state index contributed by atoms with van der Waals surface area (Å²) in [6.07, 6.45) is 0. The summed E-state index contributed by atoms with van der Waals surface area (Å²) >= 11 is 1.23. The van der Waals surface area contributed by atoms with Gasteiger partial charge in [-0.25, -0.2) is 0 Å². The number of nitrogens with zero attached hydrogens (tertiary/aromatic N) is 6. The van der Waals surface area contributed by atoms with E-state index in [1.165, 1.54) is 35.5 Å². The van der Waals surface area contributed by atoms with Gasteiger partial charge in [0.1, 0.15) is 5.56 Å². The first-order chi connectivity index (χ1) is 12.5. The maximum Gasteiger partial charge on any atom is 0.279 e. The predicted molar refractivity (Wildman–Crippen MR) is 93.2 cm³/mol. The lowest BCUT2D eigenvalue weighted by molar-refractivity contribution is -0.395. The molecule has 0 N–H and O–H groups in total. The van der Waals surface area contributed by atoms with Gasteiger partial charge >= 0.3 is 0 Å². The Labute approximate surface area is 151 Å². The summed E-state index contributed by atoms with van der Waals surface area (Å²) in [6, 6.07) is 11.9. The van der Waals surface area contributed by atoms with E-state index < -0.39 is 9.85 Å². The zero-order chi connectivity index (χ0) is 18.7. The average molecular weight is 372 g/mol. The third-order valence-electron chi connectivity index (χ3n) is 3.62. The zero-order valence-electron chi connectivity index (χ0n) is 13.5. The molecule has 3 aromatic rings. The number of nitro groups is 2. The minimum Gasteiger partial charge on any atom is -0.258 e. The Balaban J connectivity index is 1.88. The van der Waals surface area contributed by atoms with Crippen molar-refractivity contribution in [3.8, 4) is 5.69 Å². The van der Waals surface area contributed by atoms with Crippen LogP contribution < -0.4 is 0 Å². The summed E-state index contributed by atoms with van der Waals surface area (Å²) in [4.78, 5) is 21.1. The van der Waals surface area contributed by atoms with Gasteiger partial charge < -0.3 is 0 Å². The van der Waals surface area contributed by atoms with Crippen molar-refractivity contribution in [3.63, 3.8) is 0 Å². The number of hydrogen-bond donors (Lipinski definition) is 0. The van der Waals surface area contributed by atoms with Crippen LogP contribution in [0.3, 0.4) is 0 Å². The molecular weight excluding hydrogens is 360 g/mol. The molecule has 3 rings (SSSR count). The van der Waals surface area contributed by atoms with E-state index in [0.29, 0.717) is 10.7 Å². The van der Waals surface area contributed by atoms with Crippen LogP contribution in [0.15, 0.2) is 47.6 Å². The van der Waals surface area contributed by atoms with E-state index in [0.717, 1.165) is 5.69 Å². The highest BCUT2D eigenvalue weighted by atomic mass is 32.2. The summed E-state index contributed by atoms with van der Waals surface area (Å²) < 4.78 is 1.53. The molecule has 0 spiro atoms. The van der Waals surface area contributed by atoms with Gasteiger partial charge in [0.2, 0.25) is 5.16 Å². The van der Waals surface area contributed by atoms with Crippen molar-refractivity contribution >= 4 is 23.1 Å². The van der Waals surface area contributed by atoms with Crippen molar-refractivity contribution < 1.29 is 9.85 Å². The van der Waals surface area contributed by atoms with Crippen LogP contribution in [0.4, 0.5) is 11.4 Å². The first kappa shape index (κ1) is 17.5. The van der Waals surface area contributed by atoms with Crippen LogP contribution in [0.1, 0.15) is 11.1 Å². The van der Waals surface area contributed by atoms with Gasteiger partial charge in [0.15, 0.2) is 0 Å². The van der Waals surface area contributed by atoms with E-state index in [1.54, 1.807) is 0 Å². The van der Waals surface area contributed by atoms with Crippen LogP contribution in [0.25, 0.3) is 5.69 Å². The maximum atomic E-state index is 11.2. The third kappa shape index (κ3) is 3.52. The number of thioether (sulfide) groups is 1. The lowest BCUT2D eigenvalue weighted by Crippen LogP contribution is -2.01. The Kier molecular flexibility index (Phi) is 4.89. The van der Waals surface area contributed by atoms with E-state index >= 15 is 0 Å². The Morgan fingerprint density at radius 2 is 1.69 bits per heavy atom. The van der Waals surface area contributed by atoms with Gasteiger partial charge in [-0.2, -0.15) is 4.68 Å². The fourth-order valence-electron chi connectivity index (χ4n) is 2.35. The van der Waals surface area contributed by atoms with E-state index in [4.69, 9.17) is 0 Å². The zero-order valence-corrected chi connectivity index (χ0v) is 14.3. The van der Waals surface area contributed by atoms with Crippen molar-refractivity contribution in [2.24, 2.45) is 0 Å². The fraction of sp³-hybridized carbons (Fsp3) is 0.133. The molecule has 1 aromatic heterocycles. The average Bonchev–Trinajstić information content (AvgIpc) is 3.09. The van der Waals surface area contributed by atoms with Crippen molar-refractivity contribution in [2.75, 3.05) is 0 Å². The second kappa shape index (κ2) is 7.27. The van der Waals surface area contributed by atoms with Gasteiger partial charge in [0.05, 0.1) is 15.5 Å². The van der Waals surface area contributed by atoms with Gasteiger partial charge in [-0.15, -0.1) is 5.10 Å². The van der Waals surface area contributed by atoms with Crippen molar-refractivity contribution in [3.05, 3.63) is 73.8 Å². The molecule has 0 bridgehead atoms. The molecule has 0 atom stereocenters. The van der Waals surface area contributed by atoms with Crippen LogP contribution in [-0.2, 0) is 5.75 Å². The van der Waals surface area contributed by atoms with Gasteiger partial charge in [0, 0.05) is 17.9 Å². The highest BCUT2D eigenvalue weighted by Crippen LogP contribution is 2.32. The highest BCUT2D eigenvalue weighted by Gasteiger charge is 2.23. The Morgan fingerprint density at radius 3 is 2.27 bits per heavy atom. The fourth-order valence-corrected chi connectivity index (χ4v) is 3.17. The predicted octanol–water partition coefficient (Wildman–Crippen LogP) is 3.08. The molecule has 0 aliphatic carbocycles. The number of para-hydroxylation sites is 1. The van der Waals surface area contributed by atoms with Crippen molar-refractivity contribution in [2.45, 2.75) is 17.8 Å². The molecule has 132 valence electrons. The van der Waals surface area contributed by atoms with E-state index in [9.17, 15) is 20.2 Å². The highest BCUT2D eigenvalue weighted by molar-refractivity contribution is 7.98. The van der Waals surface area contributed by atoms with E-state index in [2.05, 4.69) is 15.5 Å². The molecule has 0 aliphatic heterocycles. The third-order valence-corrected chi connectivity index (χ3v) is 4.61. The Morgan fingerprint density at radius 1 is 1.08 bits per heavy atom. The van der Waals surface area contributed by atoms with Crippen LogP contribution in [0, 0.1) is 27.2 Å². The van der Waals surface area contributed by atoms with Gasteiger partial charge in [-0.05, 0) is 35.0 Å². The summed E-state index contributed by atoms with van der Waals surface area (Å²) in [5.74, 6) is 0.245. The number of tetrazole rings is 1. The summed E-state index contributed by atoms with van der Waals surface area (Å²) in [6.45, 7) is 1.36. The van der Waals surface area contributed by atoms with Crippen LogP contribution in [-0.4, -0.2) is 30.1 Å². The monoisotopic (exact) mass is 372 g/mol. The molecule has 0 aliphatic rings. The molecular formula is C15H12N6O4S. The van der Waals surface area contributed by atoms with Crippen LogP contribution in [0.5, 0.6) is 0 Å². The van der Waals surface area contributed by atoms with Gasteiger partial charge in [-0.3, -0.25) is 20.2 Å². The minimum absolute atomic E-state index is 0.0304. The number of hydrogen-bond acceptors (Lipinski definition) is 8. The molecule has 0 radical (unpaired) electrons. The van der Waals surface area contributed by atoms with E-state index in [1.807, 2.05) is 30.3 Å². The number of rotatable bonds is 6. The Hall–Kier alpha value is -3.34. The van der Waals surface area contributed by atoms with Crippen molar-refractivity contribution in [1.29, 1.82) is 0 Å². The van der Waals surface area contributed by atoms with Gasteiger partial charge in [-0.1, -0.05) is 30.0 Å². The molecule has 2 aromatic carbocycles. The molecule has 0 unspecified atom stereocenters. The second-order valence-electron chi connectivity index (χ2n) is 5.27. The van der Waals surface area contributed by atoms with Crippen LogP contribution in [0.2, 0.25) is 0 Å². The first-order valence-electron chi connectivity index (χ1n) is 7.36. The molecule has 1 heterocycles. The quantitative estimate of drug-likeness (QED) is 0.366. The first-order valence-corrected chi connectivity index (χ1v) is 8.35. The molecule has 10 nitrogen and oxygen atoms in total. The maximum absolute atomic E-state index is 11.2. The SMILES string of the molecule is Cc1c([N+](=O)[O-])cc(CSc2nnnn2-c2ccccc2)cc1[N+](=O)[O-]. The molecule has 0 amide bonds. The summed E-state index contributed by atoms with van der Waals surface area (Å²) in [5.41, 5.74) is 0.681. The lowest BCUT2D eigenvalue weighted by Gasteiger charge is -2.06. The van der Waals surface area contributed by atoms with E-state index in [-0.39, 0.29) is 22.7 Å². The standard InChI is InChI=1S/C15H12N6O4S/c1-10-13(20(22)23)7-11(8-14(10)21(24)25)9-26-15-16-17-18-19(15)12-5-3-2-4-6-12/h2-8H,9H2,1H3. The number of nitro benzene ring substituents is 2. The van der Waals surface area contributed by atoms with Crippen molar-refractivity contribution in [1.82, 2.24) is 20.2 Å². The normalized spacial score (nSPS) is 10.7. The van der Waals surface area contributed by atoms with Gasteiger partial charge in [0.25, 0.3) is 11.4 Å². The molecule has 0 fully saturated rings. The summed E-state index contributed by atoms with van der Waals surface area (Å²) in [5, 5.41) is 34.3. The molecule has 11 heteroatoms. The second-order valence-corrected chi connectivity index (χ2v) is 6.21. The summed E-state index contributed by atoms with van der Waals surface area (Å²) in [7, 11) is 0. The largest absolute Gasteiger partial charge is 0.279 e. The number of aromatic nitrogens is 4. The van der Waals surface area contributed by atoms with Crippen LogP contribution >= 0.6 is 11.8 Å². The minimum atomic E-state index is -0.621. The molecule has 26 heavy (non-hydrogen) atoms. The smallest absolute Gasteiger partial charge is 0.258 e. The number of benzene rings is 2. The Bertz CT molecular complexity index is 940. The topological polar surface area (TPSA) is 130 Å². The molecule has 0 saturated heterocycles. The molecule has 0 saturated carbocycles. The lowest BCUT2D eigenvalue weighted by atomic mass is 10.1.